The maximum absolute atomic E-state index is 11.6. The van der Waals surface area contributed by atoms with E-state index in [9.17, 15) is 13.2 Å². The quantitative estimate of drug-likeness (QED) is 0.551. The van der Waals surface area contributed by atoms with Gasteiger partial charge in [-0.1, -0.05) is 0 Å². The standard InChI is InChI=1S/C10H18O5S/c1-5-16(12,13)14-7-10(4)6-9(2,3)15-8(10)11/h5-7H2,1-4H3. The lowest BCUT2D eigenvalue weighted by molar-refractivity contribution is -0.152. The van der Waals surface area contributed by atoms with Gasteiger partial charge in [-0.05, 0) is 27.7 Å². The fraction of sp³-hybridized carbons (Fsp3) is 0.900. The van der Waals surface area contributed by atoms with Gasteiger partial charge in [-0.15, -0.1) is 0 Å². The normalized spacial score (nSPS) is 29.1. The van der Waals surface area contributed by atoms with E-state index in [1.165, 1.54) is 6.92 Å². The lowest BCUT2D eigenvalue weighted by Gasteiger charge is -2.19. The molecule has 0 radical (unpaired) electrons. The van der Waals surface area contributed by atoms with Crippen molar-refractivity contribution in [2.45, 2.75) is 39.7 Å². The van der Waals surface area contributed by atoms with Crippen LogP contribution in [0.3, 0.4) is 0 Å². The molecule has 0 aliphatic carbocycles. The van der Waals surface area contributed by atoms with E-state index in [-0.39, 0.29) is 12.4 Å². The molecule has 6 heteroatoms. The van der Waals surface area contributed by atoms with Crippen LogP contribution in [0, 0.1) is 5.41 Å². The topological polar surface area (TPSA) is 69.7 Å². The molecule has 0 aromatic carbocycles. The van der Waals surface area contributed by atoms with Crippen LogP contribution < -0.4 is 0 Å². The molecule has 0 spiro atoms. The molecule has 1 rings (SSSR count). The fourth-order valence-electron chi connectivity index (χ4n) is 1.84. The number of rotatable bonds is 4. The first-order valence-corrected chi connectivity index (χ1v) is 6.78. The Kier molecular flexibility index (Phi) is 3.36. The van der Waals surface area contributed by atoms with Crippen LogP contribution in [0.2, 0.25) is 0 Å². The van der Waals surface area contributed by atoms with Crippen molar-refractivity contribution < 1.29 is 22.1 Å². The number of hydrogen-bond acceptors (Lipinski definition) is 5. The van der Waals surface area contributed by atoms with Crippen molar-refractivity contribution in [2.75, 3.05) is 12.4 Å². The van der Waals surface area contributed by atoms with Crippen LogP contribution >= 0.6 is 0 Å². The summed E-state index contributed by atoms with van der Waals surface area (Å²) in [6, 6.07) is 0. The number of esters is 1. The lowest BCUT2D eigenvalue weighted by atomic mass is 9.84. The Hall–Kier alpha value is -0.620. The monoisotopic (exact) mass is 250 g/mol. The highest BCUT2D eigenvalue weighted by atomic mass is 32.2. The van der Waals surface area contributed by atoms with Crippen molar-refractivity contribution in [3.63, 3.8) is 0 Å². The molecule has 0 aromatic heterocycles. The Morgan fingerprint density at radius 3 is 2.31 bits per heavy atom. The summed E-state index contributed by atoms with van der Waals surface area (Å²) in [4.78, 5) is 11.6. The first-order chi connectivity index (χ1) is 7.10. The first-order valence-electron chi connectivity index (χ1n) is 5.21. The van der Waals surface area contributed by atoms with E-state index in [0.29, 0.717) is 6.42 Å². The Morgan fingerprint density at radius 2 is 1.94 bits per heavy atom. The highest BCUT2D eigenvalue weighted by Gasteiger charge is 2.50. The van der Waals surface area contributed by atoms with Gasteiger partial charge in [0.25, 0.3) is 10.1 Å². The maximum Gasteiger partial charge on any atom is 0.314 e. The largest absolute Gasteiger partial charge is 0.459 e. The summed E-state index contributed by atoms with van der Waals surface area (Å²) >= 11 is 0. The molecular weight excluding hydrogens is 232 g/mol. The van der Waals surface area contributed by atoms with E-state index in [1.54, 1.807) is 20.8 Å². The number of cyclic esters (lactones) is 1. The highest BCUT2D eigenvalue weighted by molar-refractivity contribution is 7.86. The molecular formula is C10H18O5S. The zero-order valence-corrected chi connectivity index (χ0v) is 10.9. The van der Waals surface area contributed by atoms with Crippen LogP contribution in [0.15, 0.2) is 0 Å². The van der Waals surface area contributed by atoms with Gasteiger partial charge < -0.3 is 4.74 Å². The van der Waals surface area contributed by atoms with Gasteiger partial charge in [-0.2, -0.15) is 8.42 Å². The molecule has 1 heterocycles. The van der Waals surface area contributed by atoms with Crippen LogP contribution in [0.25, 0.3) is 0 Å². The van der Waals surface area contributed by atoms with Crippen LogP contribution in [0.5, 0.6) is 0 Å². The van der Waals surface area contributed by atoms with Gasteiger partial charge in [0.15, 0.2) is 0 Å². The number of carbonyl (C=O) groups is 1. The molecule has 1 unspecified atom stereocenters. The summed E-state index contributed by atoms with van der Waals surface area (Å²) in [7, 11) is -3.51. The average molecular weight is 250 g/mol. The number of hydrogen-bond donors (Lipinski definition) is 0. The Labute approximate surface area is 96.2 Å². The zero-order valence-electron chi connectivity index (χ0n) is 10.1. The van der Waals surface area contributed by atoms with E-state index in [2.05, 4.69) is 0 Å². The minimum atomic E-state index is -3.51. The van der Waals surface area contributed by atoms with Crippen molar-refractivity contribution in [3.05, 3.63) is 0 Å². The molecule has 1 aliphatic rings. The third-order valence-electron chi connectivity index (χ3n) is 2.59. The van der Waals surface area contributed by atoms with Gasteiger partial charge in [-0.3, -0.25) is 8.98 Å². The Bertz CT molecular complexity index is 384. The predicted octanol–water partition coefficient (Wildman–Crippen LogP) is 1.08. The summed E-state index contributed by atoms with van der Waals surface area (Å²) in [6.07, 6.45) is 0.456. The van der Waals surface area contributed by atoms with Gasteiger partial charge in [0.2, 0.25) is 0 Å². The molecule has 1 fully saturated rings. The second kappa shape index (κ2) is 4.00. The van der Waals surface area contributed by atoms with E-state index in [0.717, 1.165) is 0 Å². The SMILES string of the molecule is CCS(=O)(=O)OCC1(C)CC(C)(C)OC1=O. The Balaban J connectivity index is 2.71. The van der Waals surface area contributed by atoms with E-state index < -0.39 is 27.1 Å². The minimum absolute atomic E-state index is 0.0957. The second-order valence-electron chi connectivity index (χ2n) is 5.00. The fourth-order valence-corrected chi connectivity index (χ4v) is 2.44. The third-order valence-corrected chi connectivity index (χ3v) is 3.77. The van der Waals surface area contributed by atoms with E-state index in [1.807, 2.05) is 0 Å². The molecule has 1 saturated heterocycles. The van der Waals surface area contributed by atoms with Gasteiger partial charge in [-0.25, -0.2) is 0 Å². The molecule has 94 valence electrons. The lowest BCUT2D eigenvalue weighted by Crippen LogP contribution is -2.30. The van der Waals surface area contributed by atoms with Crippen LogP contribution in [0.4, 0.5) is 0 Å². The number of ether oxygens (including phenoxy) is 1. The van der Waals surface area contributed by atoms with E-state index >= 15 is 0 Å². The van der Waals surface area contributed by atoms with Crippen molar-refractivity contribution in [2.24, 2.45) is 5.41 Å². The molecule has 16 heavy (non-hydrogen) atoms. The molecule has 0 N–H and O–H groups in total. The smallest absolute Gasteiger partial charge is 0.314 e. The third kappa shape index (κ3) is 2.95. The molecule has 0 saturated carbocycles. The van der Waals surface area contributed by atoms with Crippen molar-refractivity contribution in [3.8, 4) is 0 Å². The molecule has 1 atom stereocenters. The number of carbonyl (C=O) groups excluding carboxylic acids is 1. The summed E-state index contributed by atoms with van der Waals surface area (Å²) in [5.41, 5.74) is -1.42. The van der Waals surface area contributed by atoms with Crippen LogP contribution in [-0.4, -0.2) is 32.3 Å². The summed E-state index contributed by atoms with van der Waals surface area (Å²) in [6.45, 7) is 6.60. The summed E-state index contributed by atoms with van der Waals surface area (Å²) < 4.78 is 32.3. The zero-order chi connectivity index (χ0) is 12.6. The van der Waals surface area contributed by atoms with Crippen LogP contribution in [-0.2, 0) is 23.8 Å². The molecule has 0 amide bonds. The van der Waals surface area contributed by atoms with Gasteiger partial charge >= 0.3 is 5.97 Å². The van der Waals surface area contributed by atoms with Gasteiger partial charge in [0.05, 0.1) is 17.8 Å². The van der Waals surface area contributed by atoms with Crippen molar-refractivity contribution in [1.82, 2.24) is 0 Å². The van der Waals surface area contributed by atoms with Crippen molar-refractivity contribution >= 4 is 16.1 Å². The minimum Gasteiger partial charge on any atom is -0.459 e. The van der Waals surface area contributed by atoms with Gasteiger partial charge in [0.1, 0.15) is 5.60 Å². The highest BCUT2D eigenvalue weighted by Crippen LogP contribution is 2.40. The molecule has 5 nitrogen and oxygen atoms in total. The van der Waals surface area contributed by atoms with Crippen LogP contribution in [0.1, 0.15) is 34.1 Å². The van der Waals surface area contributed by atoms with Gasteiger partial charge in [0, 0.05) is 6.42 Å². The van der Waals surface area contributed by atoms with Crippen molar-refractivity contribution in [1.29, 1.82) is 0 Å². The molecule has 0 bridgehead atoms. The summed E-state index contributed by atoms with van der Waals surface area (Å²) in [5, 5.41) is 0. The predicted molar refractivity (Wildman–Crippen MR) is 58.3 cm³/mol. The average Bonchev–Trinajstić information content (AvgIpc) is 2.33. The summed E-state index contributed by atoms with van der Waals surface area (Å²) in [5.74, 6) is -0.495. The molecule has 0 aromatic rings. The molecule has 1 aliphatic heterocycles. The van der Waals surface area contributed by atoms with E-state index in [4.69, 9.17) is 8.92 Å². The second-order valence-corrected chi connectivity index (χ2v) is 6.92. The first kappa shape index (κ1) is 13.4. The Morgan fingerprint density at radius 1 is 1.38 bits per heavy atom. The maximum atomic E-state index is 11.6.